The molecule has 1 heterocycles. The minimum atomic E-state index is -0.555. The van der Waals surface area contributed by atoms with E-state index in [1.54, 1.807) is 36.4 Å². The van der Waals surface area contributed by atoms with Gasteiger partial charge in [0, 0.05) is 6.42 Å². The molecule has 0 aromatic heterocycles. The molecule has 0 unspecified atom stereocenters. The number of ether oxygens (including phenoxy) is 2. The van der Waals surface area contributed by atoms with Crippen LogP contribution in [-0.2, 0) is 14.3 Å². The molecule has 0 amide bonds. The molecule has 0 radical (unpaired) electrons. The van der Waals surface area contributed by atoms with Gasteiger partial charge < -0.3 is 9.47 Å². The number of carbonyl (C=O) groups is 2. The van der Waals surface area contributed by atoms with Crippen molar-refractivity contribution in [3.8, 4) is 0 Å². The van der Waals surface area contributed by atoms with Gasteiger partial charge in [0.05, 0.1) is 11.0 Å². The highest BCUT2D eigenvalue weighted by atomic mass is 16.6. The summed E-state index contributed by atoms with van der Waals surface area (Å²) in [5.41, 5.74) is -0.0612. The van der Waals surface area contributed by atoms with E-state index in [0.717, 1.165) is 0 Å². The molecule has 3 rings (SSSR count). The summed E-state index contributed by atoms with van der Waals surface area (Å²) in [5.74, 6) is -0.645. The summed E-state index contributed by atoms with van der Waals surface area (Å²) in [6, 6.07) is 8.78. The second-order valence-corrected chi connectivity index (χ2v) is 5.16. The molecule has 4 heteroatoms. The first-order chi connectivity index (χ1) is 9.08. The molecule has 1 aromatic carbocycles. The second-order valence-electron chi connectivity index (χ2n) is 5.16. The van der Waals surface area contributed by atoms with E-state index in [1.807, 2.05) is 13.0 Å². The fraction of sp³-hybridized carbons (Fsp3) is 0.333. The van der Waals surface area contributed by atoms with Crippen LogP contribution in [0.3, 0.4) is 0 Å². The Morgan fingerprint density at radius 1 is 1.37 bits per heavy atom. The second kappa shape index (κ2) is 4.23. The van der Waals surface area contributed by atoms with Crippen LogP contribution in [0.4, 0.5) is 0 Å². The fourth-order valence-electron chi connectivity index (χ4n) is 2.45. The maximum Gasteiger partial charge on any atom is 0.338 e. The summed E-state index contributed by atoms with van der Waals surface area (Å²) in [5, 5.41) is 0. The monoisotopic (exact) mass is 258 g/mol. The van der Waals surface area contributed by atoms with Gasteiger partial charge in [-0.3, -0.25) is 4.79 Å². The number of esters is 2. The van der Waals surface area contributed by atoms with Crippen LogP contribution < -0.4 is 0 Å². The summed E-state index contributed by atoms with van der Waals surface area (Å²) in [7, 11) is 0. The number of rotatable bonds is 2. The van der Waals surface area contributed by atoms with Crippen molar-refractivity contribution in [3.63, 3.8) is 0 Å². The number of carbonyl (C=O) groups excluding carboxylic acids is 2. The highest BCUT2D eigenvalue weighted by Crippen LogP contribution is 2.41. The quantitative estimate of drug-likeness (QED) is 0.602. The van der Waals surface area contributed by atoms with Crippen molar-refractivity contribution >= 4 is 11.9 Å². The van der Waals surface area contributed by atoms with Gasteiger partial charge in [-0.2, -0.15) is 0 Å². The van der Waals surface area contributed by atoms with Crippen LogP contribution in [0.15, 0.2) is 42.5 Å². The Morgan fingerprint density at radius 3 is 2.84 bits per heavy atom. The number of fused-ring (bicyclic) bond motifs is 2. The minimum Gasteiger partial charge on any atom is -0.457 e. The third-order valence-electron chi connectivity index (χ3n) is 3.62. The van der Waals surface area contributed by atoms with Crippen LogP contribution in [-0.4, -0.2) is 24.1 Å². The van der Waals surface area contributed by atoms with Crippen LogP contribution >= 0.6 is 0 Å². The molecule has 1 aliphatic heterocycles. The SMILES string of the molecule is C[C@@]12C=C[C@@H](OC(=O)c3ccccc3)[C@@H](C1)OC2=O. The average Bonchev–Trinajstić information content (AvgIpc) is 2.66. The predicted octanol–water partition coefficient (Wildman–Crippen LogP) is 2.10. The zero-order valence-electron chi connectivity index (χ0n) is 10.5. The summed E-state index contributed by atoms with van der Waals surface area (Å²) < 4.78 is 10.7. The van der Waals surface area contributed by atoms with Gasteiger partial charge in [0.15, 0.2) is 6.10 Å². The highest BCUT2D eigenvalue weighted by molar-refractivity contribution is 5.89. The lowest BCUT2D eigenvalue weighted by Gasteiger charge is -2.24. The first kappa shape index (κ1) is 12.0. The van der Waals surface area contributed by atoms with Gasteiger partial charge in [0.2, 0.25) is 0 Å². The molecule has 98 valence electrons. The summed E-state index contributed by atoms with van der Waals surface area (Å²) in [4.78, 5) is 23.6. The first-order valence-electron chi connectivity index (χ1n) is 6.25. The van der Waals surface area contributed by atoms with E-state index in [1.165, 1.54) is 0 Å². The highest BCUT2D eigenvalue weighted by Gasteiger charge is 2.50. The van der Waals surface area contributed by atoms with Crippen molar-refractivity contribution in [3.05, 3.63) is 48.0 Å². The average molecular weight is 258 g/mol. The zero-order valence-corrected chi connectivity index (χ0v) is 10.5. The lowest BCUT2D eigenvalue weighted by atomic mass is 9.81. The van der Waals surface area contributed by atoms with E-state index in [9.17, 15) is 9.59 Å². The molecular weight excluding hydrogens is 244 g/mol. The Labute approximate surface area is 111 Å². The summed E-state index contributed by atoms with van der Waals surface area (Å²) in [6.45, 7) is 1.83. The van der Waals surface area contributed by atoms with Crippen LogP contribution in [0.5, 0.6) is 0 Å². The van der Waals surface area contributed by atoms with Crippen molar-refractivity contribution in [1.82, 2.24) is 0 Å². The molecular formula is C15H14O4. The van der Waals surface area contributed by atoms with E-state index in [4.69, 9.17) is 9.47 Å². The van der Waals surface area contributed by atoms with Crippen molar-refractivity contribution in [2.75, 3.05) is 0 Å². The summed E-state index contributed by atoms with van der Waals surface area (Å²) in [6.07, 6.45) is 3.24. The van der Waals surface area contributed by atoms with Gasteiger partial charge in [0.25, 0.3) is 0 Å². The zero-order chi connectivity index (χ0) is 13.5. The standard InChI is InChI=1S/C15H14O4/c1-15-8-7-11(12(9-15)19-14(15)17)18-13(16)10-5-3-2-4-6-10/h2-8,11-12H,9H2,1H3/t11-,12-,15-/m1/s1. The molecule has 0 saturated carbocycles. The summed E-state index contributed by atoms with van der Waals surface area (Å²) >= 11 is 0. The molecule has 2 aliphatic rings. The number of hydrogen-bond acceptors (Lipinski definition) is 4. The lowest BCUT2D eigenvalue weighted by molar-refractivity contribution is -0.148. The van der Waals surface area contributed by atoms with Gasteiger partial charge in [-0.1, -0.05) is 24.3 Å². The normalized spacial score (nSPS) is 31.9. The molecule has 0 N–H and O–H groups in total. The maximum absolute atomic E-state index is 12.0. The Kier molecular flexibility index (Phi) is 2.66. The third kappa shape index (κ3) is 2.03. The number of hydrogen-bond donors (Lipinski definition) is 0. The Balaban J connectivity index is 1.74. The third-order valence-corrected chi connectivity index (χ3v) is 3.62. The van der Waals surface area contributed by atoms with Crippen molar-refractivity contribution in [2.24, 2.45) is 5.41 Å². The van der Waals surface area contributed by atoms with E-state index in [0.29, 0.717) is 12.0 Å². The van der Waals surface area contributed by atoms with E-state index >= 15 is 0 Å². The molecule has 2 bridgehead atoms. The van der Waals surface area contributed by atoms with Gasteiger partial charge in [0.1, 0.15) is 6.10 Å². The lowest BCUT2D eigenvalue weighted by Crippen LogP contribution is -2.32. The minimum absolute atomic E-state index is 0.244. The molecule has 1 aliphatic carbocycles. The largest absolute Gasteiger partial charge is 0.457 e. The van der Waals surface area contributed by atoms with Crippen LogP contribution in [0.1, 0.15) is 23.7 Å². The van der Waals surface area contributed by atoms with Gasteiger partial charge in [-0.25, -0.2) is 4.79 Å². The van der Waals surface area contributed by atoms with Gasteiger partial charge in [-0.05, 0) is 25.1 Å². The van der Waals surface area contributed by atoms with Crippen LogP contribution in [0.2, 0.25) is 0 Å². The molecule has 4 nitrogen and oxygen atoms in total. The first-order valence-corrected chi connectivity index (χ1v) is 6.25. The fourth-order valence-corrected chi connectivity index (χ4v) is 2.45. The molecule has 1 saturated heterocycles. The maximum atomic E-state index is 12.0. The van der Waals surface area contributed by atoms with Crippen molar-refractivity contribution in [2.45, 2.75) is 25.6 Å². The predicted molar refractivity (Wildman–Crippen MR) is 67.4 cm³/mol. The molecule has 1 aromatic rings. The molecule has 0 spiro atoms. The van der Waals surface area contributed by atoms with E-state index in [-0.39, 0.29) is 12.1 Å². The Hall–Kier alpha value is -2.10. The van der Waals surface area contributed by atoms with E-state index in [2.05, 4.69) is 0 Å². The molecule has 1 fully saturated rings. The number of benzene rings is 1. The Morgan fingerprint density at radius 2 is 2.11 bits per heavy atom. The molecule has 19 heavy (non-hydrogen) atoms. The smallest absolute Gasteiger partial charge is 0.338 e. The topological polar surface area (TPSA) is 52.6 Å². The molecule has 3 atom stereocenters. The van der Waals surface area contributed by atoms with Crippen LogP contribution in [0, 0.1) is 5.41 Å². The van der Waals surface area contributed by atoms with Crippen molar-refractivity contribution in [1.29, 1.82) is 0 Å². The van der Waals surface area contributed by atoms with E-state index < -0.39 is 17.5 Å². The van der Waals surface area contributed by atoms with Gasteiger partial charge in [-0.15, -0.1) is 0 Å². The van der Waals surface area contributed by atoms with Crippen molar-refractivity contribution < 1.29 is 19.1 Å². The Bertz CT molecular complexity index is 549. The van der Waals surface area contributed by atoms with Gasteiger partial charge >= 0.3 is 11.9 Å². The van der Waals surface area contributed by atoms with Crippen LogP contribution in [0.25, 0.3) is 0 Å².